The normalized spacial score (nSPS) is 11.0. The monoisotopic (exact) mass is 261 g/mol. The molecular formula is C14H19N3O2. The molecule has 0 amide bonds. The molecule has 0 bridgehead atoms. The highest BCUT2D eigenvalue weighted by atomic mass is 16.5. The van der Waals surface area contributed by atoms with Crippen molar-refractivity contribution in [2.45, 2.75) is 26.3 Å². The van der Waals surface area contributed by atoms with Gasteiger partial charge in [-0.25, -0.2) is 4.68 Å². The van der Waals surface area contributed by atoms with Crippen LogP contribution in [0.5, 0.6) is 11.6 Å². The van der Waals surface area contributed by atoms with Gasteiger partial charge in [0.2, 0.25) is 5.88 Å². The van der Waals surface area contributed by atoms with E-state index in [-0.39, 0.29) is 11.7 Å². The highest BCUT2D eigenvalue weighted by molar-refractivity contribution is 5.44. The lowest BCUT2D eigenvalue weighted by molar-refractivity contribution is 0.379. The fraction of sp³-hybridized carbons (Fsp3) is 0.357. The Kier molecular flexibility index (Phi) is 3.76. The Balaban J connectivity index is 2.59. The van der Waals surface area contributed by atoms with E-state index in [0.717, 1.165) is 16.9 Å². The number of nitrogens with two attached hydrogens (primary N) is 1. The molecule has 3 N–H and O–H groups in total. The van der Waals surface area contributed by atoms with Gasteiger partial charge in [-0.3, -0.25) is 0 Å². The number of aromatic nitrogens is 2. The van der Waals surface area contributed by atoms with Gasteiger partial charge in [0.15, 0.2) is 0 Å². The summed E-state index contributed by atoms with van der Waals surface area (Å²) in [7, 11) is 1.61. The molecular weight excluding hydrogens is 242 g/mol. The van der Waals surface area contributed by atoms with Gasteiger partial charge in [0.1, 0.15) is 5.75 Å². The molecule has 5 nitrogen and oxygen atoms in total. The van der Waals surface area contributed by atoms with E-state index in [0.29, 0.717) is 12.4 Å². The molecule has 0 radical (unpaired) electrons. The largest absolute Gasteiger partial charge is 0.508 e. The van der Waals surface area contributed by atoms with Gasteiger partial charge in [-0.2, -0.15) is 5.10 Å². The molecule has 0 atom stereocenters. The smallest absolute Gasteiger partial charge is 0.221 e. The SMILES string of the molecule is COc1c(CN)c(C(C)C)nn1-c1ccc(O)cc1. The Morgan fingerprint density at radius 3 is 2.42 bits per heavy atom. The molecule has 0 aliphatic heterocycles. The second kappa shape index (κ2) is 5.32. The summed E-state index contributed by atoms with van der Waals surface area (Å²) in [4.78, 5) is 0. The second-order valence-corrected chi connectivity index (χ2v) is 4.66. The fourth-order valence-electron chi connectivity index (χ4n) is 2.09. The van der Waals surface area contributed by atoms with Crippen molar-refractivity contribution >= 4 is 0 Å². The zero-order valence-corrected chi connectivity index (χ0v) is 11.4. The zero-order chi connectivity index (χ0) is 14.0. The maximum atomic E-state index is 9.34. The van der Waals surface area contributed by atoms with Crippen molar-refractivity contribution in [3.63, 3.8) is 0 Å². The standard InChI is InChI=1S/C14H19N3O2/c1-9(2)13-12(8-15)14(19-3)17(16-13)10-4-6-11(18)7-5-10/h4-7,9,18H,8,15H2,1-3H3. The molecule has 0 aliphatic carbocycles. The number of hydrogen-bond donors (Lipinski definition) is 2. The maximum absolute atomic E-state index is 9.34. The van der Waals surface area contributed by atoms with Gasteiger partial charge in [0.25, 0.3) is 0 Å². The number of ether oxygens (including phenoxy) is 1. The summed E-state index contributed by atoms with van der Waals surface area (Å²) < 4.78 is 7.16. The number of nitrogens with zero attached hydrogens (tertiary/aromatic N) is 2. The van der Waals surface area contributed by atoms with Crippen LogP contribution in [0.2, 0.25) is 0 Å². The van der Waals surface area contributed by atoms with Crippen molar-refractivity contribution in [1.82, 2.24) is 9.78 Å². The Bertz CT molecular complexity index is 559. The fourth-order valence-corrected chi connectivity index (χ4v) is 2.09. The lowest BCUT2D eigenvalue weighted by atomic mass is 10.1. The van der Waals surface area contributed by atoms with Crippen molar-refractivity contribution in [2.75, 3.05) is 7.11 Å². The molecule has 102 valence electrons. The summed E-state index contributed by atoms with van der Waals surface area (Å²) >= 11 is 0. The highest BCUT2D eigenvalue weighted by Gasteiger charge is 2.20. The minimum absolute atomic E-state index is 0.220. The van der Waals surface area contributed by atoms with E-state index in [1.165, 1.54) is 0 Å². The summed E-state index contributed by atoms with van der Waals surface area (Å²) in [5, 5.41) is 13.9. The van der Waals surface area contributed by atoms with Gasteiger partial charge < -0.3 is 15.6 Å². The van der Waals surface area contributed by atoms with Crippen LogP contribution >= 0.6 is 0 Å². The van der Waals surface area contributed by atoms with Crippen molar-refractivity contribution < 1.29 is 9.84 Å². The lowest BCUT2D eigenvalue weighted by Gasteiger charge is -2.07. The molecule has 0 saturated carbocycles. The molecule has 0 aliphatic rings. The van der Waals surface area contributed by atoms with Crippen molar-refractivity contribution in [1.29, 1.82) is 0 Å². The van der Waals surface area contributed by atoms with Crippen LogP contribution in [0.1, 0.15) is 31.0 Å². The van der Waals surface area contributed by atoms with Crippen LogP contribution in [0.15, 0.2) is 24.3 Å². The van der Waals surface area contributed by atoms with Gasteiger partial charge in [-0.05, 0) is 30.2 Å². The minimum atomic E-state index is 0.220. The van der Waals surface area contributed by atoms with Crippen LogP contribution in [-0.4, -0.2) is 22.0 Å². The van der Waals surface area contributed by atoms with Crippen LogP contribution in [0, 0.1) is 0 Å². The molecule has 19 heavy (non-hydrogen) atoms. The second-order valence-electron chi connectivity index (χ2n) is 4.66. The van der Waals surface area contributed by atoms with E-state index < -0.39 is 0 Å². The molecule has 1 aromatic carbocycles. The molecule has 0 saturated heterocycles. The molecule has 1 heterocycles. The summed E-state index contributed by atoms with van der Waals surface area (Å²) in [5.74, 6) is 1.14. The number of methoxy groups -OCH3 is 1. The van der Waals surface area contributed by atoms with E-state index in [2.05, 4.69) is 18.9 Å². The van der Waals surface area contributed by atoms with Crippen molar-refractivity contribution in [3.05, 3.63) is 35.5 Å². The summed E-state index contributed by atoms with van der Waals surface area (Å²) in [6.07, 6.45) is 0. The molecule has 2 aromatic rings. The van der Waals surface area contributed by atoms with Crippen LogP contribution in [0.25, 0.3) is 5.69 Å². The van der Waals surface area contributed by atoms with Gasteiger partial charge in [0.05, 0.1) is 24.1 Å². The van der Waals surface area contributed by atoms with Crippen LogP contribution in [-0.2, 0) is 6.54 Å². The van der Waals surface area contributed by atoms with Gasteiger partial charge in [-0.1, -0.05) is 13.8 Å². The number of benzene rings is 1. The Morgan fingerprint density at radius 2 is 1.95 bits per heavy atom. The van der Waals surface area contributed by atoms with Crippen LogP contribution < -0.4 is 10.5 Å². The first kappa shape index (κ1) is 13.4. The maximum Gasteiger partial charge on any atom is 0.221 e. The number of phenols is 1. The van der Waals surface area contributed by atoms with Gasteiger partial charge in [-0.15, -0.1) is 0 Å². The predicted octanol–water partition coefficient (Wildman–Crippen LogP) is 2.17. The predicted molar refractivity (Wildman–Crippen MR) is 73.8 cm³/mol. The first-order chi connectivity index (χ1) is 9.08. The molecule has 0 fully saturated rings. The van der Waals surface area contributed by atoms with Gasteiger partial charge in [0, 0.05) is 6.54 Å². The third kappa shape index (κ3) is 2.42. The van der Waals surface area contributed by atoms with Crippen LogP contribution in [0.4, 0.5) is 0 Å². The molecule has 1 aromatic heterocycles. The third-order valence-electron chi connectivity index (χ3n) is 3.01. The first-order valence-corrected chi connectivity index (χ1v) is 6.23. The molecule has 0 unspecified atom stereocenters. The average molecular weight is 261 g/mol. The zero-order valence-electron chi connectivity index (χ0n) is 11.4. The number of aromatic hydroxyl groups is 1. The average Bonchev–Trinajstić information content (AvgIpc) is 2.78. The van der Waals surface area contributed by atoms with E-state index in [4.69, 9.17) is 10.5 Å². The Morgan fingerprint density at radius 1 is 1.32 bits per heavy atom. The van der Waals surface area contributed by atoms with E-state index in [1.54, 1.807) is 36.1 Å². The number of phenolic OH excluding ortho intramolecular Hbond substituents is 1. The third-order valence-corrected chi connectivity index (χ3v) is 3.01. The quantitative estimate of drug-likeness (QED) is 0.884. The summed E-state index contributed by atoms with van der Waals surface area (Å²) in [6.45, 7) is 4.53. The Labute approximate surface area is 112 Å². The number of rotatable bonds is 4. The van der Waals surface area contributed by atoms with E-state index in [9.17, 15) is 5.11 Å². The summed E-state index contributed by atoms with van der Waals surface area (Å²) in [5.41, 5.74) is 8.50. The molecule has 0 spiro atoms. The summed E-state index contributed by atoms with van der Waals surface area (Å²) in [6, 6.07) is 6.81. The van der Waals surface area contributed by atoms with E-state index in [1.807, 2.05) is 0 Å². The van der Waals surface area contributed by atoms with E-state index >= 15 is 0 Å². The van der Waals surface area contributed by atoms with Crippen molar-refractivity contribution in [3.8, 4) is 17.3 Å². The highest BCUT2D eigenvalue weighted by Crippen LogP contribution is 2.30. The molecule has 5 heteroatoms. The lowest BCUT2D eigenvalue weighted by Crippen LogP contribution is -2.03. The minimum Gasteiger partial charge on any atom is -0.508 e. The Hall–Kier alpha value is -2.01. The van der Waals surface area contributed by atoms with Crippen molar-refractivity contribution in [2.24, 2.45) is 5.73 Å². The van der Waals surface area contributed by atoms with Gasteiger partial charge >= 0.3 is 0 Å². The first-order valence-electron chi connectivity index (χ1n) is 6.23. The molecule has 2 rings (SSSR count). The van der Waals surface area contributed by atoms with Crippen LogP contribution in [0.3, 0.4) is 0 Å². The number of hydrogen-bond acceptors (Lipinski definition) is 4. The topological polar surface area (TPSA) is 73.3 Å².